The fourth-order valence-electron chi connectivity index (χ4n) is 1.78. The molecule has 1 aromatic rings. The van der Waals surface area contributed by atoms with Crippen LogP contribution in [0.1, 0.15) is 6.92 Å². The number of nitrogens with zero attached hydrogens (tertiary/aromatic N) is 2. The second-order valence-electron chi connectivity index (χ2n) is 4.38. The molecule has 1 aliphatic rings. The lowest BCUT2D eigenvalue weighted by Gasteiger charge is -2.25. The van der Waals surface area contributed by atoms with Crippen LogP contribution in [0.5, 0.6) is 5.88 Å². The van der Waals surface area contributed by atoms with Crippen molar-refractivity contribution in [2.75, 3.05) is 25.6 Å². The zero-order valence-corrected chi connectivity index (χ0v) is 10.2. The first-order valence-electron chi connectivity index (χ1n) is 5.50. The quantitative estimate of drug-likeness (QED) is 0.801. The number of rotatable bonds is 4. The maximum absolute atomic E-state index is 11.3. The number of anilines is 1. The van der Waals surface area contributed by atoms with Crippen LogP contribution in [-0.4, -0.2) is 47.4 Å². The molecule has 2 N–H and O–H groups in total. The maximum atomic E-state index is 11.3. The third-order valence-corrected chi connectivity index (χ3v) is 3.09. The molecule has 0 aliphatic carbocycles. The molecule has 2 heterocycles. The summed E-state index contributed by atoms with van der Waals surface area (Å²) in [4.78, 5) is 19.4. The molecule has 2 rings (SSSR count). The van der Waals surface area contributed by atoms with E-state index in [1.54, 1.807) is 6.92 Å². The zero-order valence-electron chi connectivity index (χ0n) is 10.2. The van der Waals surface area contributed by atoms with Gasteiger partial charge in [0.2, 0.25) is 5.88 Å². The molecule has 1 saturated heterocycles. The summed E-state index contributed by atoms with van der Waals surface area (Å²) in [7, 11) is 1.49. The van der Waals surface area contributed by atoms with Crippen molar-refractivity contribution >= 4 is 11.8 Å². The minimum Gasteiger partial charge on any atom is -0.481 e. The van der Waals surface area contributed by atoms with Crippen LogP contribution < -0.4 is 10.1 Å². The summed E-state index contributed by atoms with van der Waals surface area (Å²) in [5.41, 5.74) is -0.968. The lowest BCUT2D eigenvalue weighted by molar-refractivity contribution is -0.148. The summed E-state index contributed by atoms with van der Waals surface area (Å²) in [5, 5.41) is 12.3. The summed E-state index contributed by atoms with van der Waals surface area (Å²) in [6.45, 7) is 2.15. The SMILES string of the molecule is COc1cncc(NC2COCC2(C)C(=O)O)n1. The molecular formula is C11H15N3O4. The number of hydrogen-bond acceptors (Lipinski definition) is 6. The highest BCUT2D eigenvalue weighted by atomic mass is 16.5. The van der Waals surface area contributed by atoms with Crippen molar-refractivity contribution in [1.29, 1.82) is 0 Å². The van der Waals surface area contributed by atoms with Crippen molar-refractivity contribution in [2.45, 2.75) is 13.0 Å². The van der Waals surface area contributed by atoms with Gasteiger partial charge in [-0.3, -0.25) is 9.78 Å². The van der Waals surface area contributed by atoms with E-state index in [0.29, 0.717) is 18.3 Å². The van der Waals surface area contributed by atoms with Gasteiger partial charge < -0.3 is 19.9 Å². The van der Waals surface area contributed by atoms with E-state index >= 15 is 0 Å². The maximum Gasteiger partial charge on any atom is 0.313 e. The van der Waals surface area contributed by atoms with Crippen molar-refractivity contribution in [3.8, 4) is 5.88 Å². The van der Waals surface area contributed by atoms with Gasteiger partial charge in [-0.1, -0.05) is 0 Å². The second kappa shape index (κ2) is 4.77. The van der Waals surface area contributed by atoms with Crippen molar-refractivity contribution in [2.24, 2.45) is 5.41 Å². The largest absolute Gasteiger partial charge is 0.481 e. The molecule has 0 aromatic carbocycles. The van der Waals surface area contributed by atoms with Gasteiger partial charge in [0.05, 0.1) is 38.8 Å². The molecule has 0 radical (unpaired) electrons. The Morgan fingerprint density at radius 2 is 2.44 bits per heavy atom. The van der Waals surface area contributed by atoms with Crippen LogP contribution in [0.4, 0.5) is 5.82 Å². The molecule has 18 heavy (non-hydrogen) atoms. The smallest absolute Gasteiger partial charge is 0.313 e. The third-order valence-electron chi connectivity index (χ3n) is 3.09. The predicted octanol–water partition coefficient (Wildman–Crippen LogP) is 0.387. The number of carboxylic acids is 1. The van der Waals surface area contributed by atoms with Crippen LogP contribution in [-0.2, 0) is 9.53 Å². The van der Waals surface area contributed by atoms with Gasteiger partial charge >= 0.3 is 5.97 Å². The standard InChI is InChI=1S/C11H15N3O4/c1-11(10(15)16)6-18-5-7(11)13-8-3-12-4-9(14-8)17-2/h3-4,7H,5-6H2,1-2H3,(H,13,14)(H,15,16). The molecule has 1 fully saturated rings. The average Bonchev–Trinajstić information content (AvgIpc) is 2.73. The molecule has 1 aliphatic heterocycles. The number of carboxylic acid groups (broad SMARTS) is 1. The van der Waals surface area contributed by atoms with Gasteiger partial charge in [-0.05, 0) is 6.92 Å². The molecule has 98 valence electrons. The lowest BCUT2D eigenvalue weighted by atomic mass is 9.85. The summed E-state index contributed by atoms with van der Waals surface area (Å²) in [6, 6.07) is -0.351. The highest BCUT2D eigenvalue weighted by Crippen LogP contribution is 2.30. The van der Waals surface area contributed by atoms with Crippen LogP contribution in [0.15, 0.2) is 12.4 Å². The number of hydrogen-bond donors (Lipinski definition) is 2. The molecule has 7 heteroatoms. The molecular weight excluding hydrogens is 238 g/mol. The summed E-state index contributed by atoms with van der Waals surface area (Å²) in [5.74, 6) is -0.0541. The van der Waals surface area contributed by atoms with Gasteiger partial charge in [0.15, 0.2) is 0 Å². The number of ether oxygens (including phenoxy) is 2. The van der Waals surface area contributed by atoms with Crippen molar-refractivity contribution < 1.29 is 19.4 Å². The predicted molar refractivity (Wildman–Crippen MR) is 62.6 cm³/mol. The number of methoxy groups -OCH3 is 1. The fraction of sp³-hybridized carbons (Fsp3) is 0.545. The van der Waals surface area contributed by atoms with Gasteiger partial charge in [-0.15, -0.1) is 0 Å². The van der Waals surface area contributed by atoms with Gasteiger partial charge in [-0.25, -0.2) is 0 Å². The van der Waals surface area contributed by atoms with Gasteiger partial charge in [0.1, 0.15) is 11.2 Å². The first kappa shape index (κ1) is 12.6. The van der Waals surface area contributed by atoms with Crippen LogP contribution in [0.2, 0.25) is 0 Å². The summed E-state index contributed by atoms with van der Waals surface area (Å²) in [6.07, 6.45) is 3.00. The van der Waals surface area contributed by atoms with E-state index in [2.05, 4.69) is 15.3 Å². The number of nitrogens with one attached hydrogen (secondary N) is 1. The van der Waals surface area contributed by atoms with E-state index in [1.807, 2.05) is 0 Å². The van der Waals surface area contributed by atoms with E-state index in [-0.39, 0.29) is 12.6 Å². The van der Waals surface area contributed by atoms with Crippen LogP contribution in [0.3, 0.4) is 0 Å². The molecule has 2 atom stereocenters. The van der Waals surface area contributed by atoms with E-state index in [1.165, 1.54) is 19.5 Å². The second-order valence-corrected chi connectivity index (χ2v) is 4.38. The van der Waals surface area contributed by atoms with Crippen molar-refractivity contribution in [3.05, 3.63) is 12.4 Å². The Kier molecular flexibility index (Phi) is 3.33. The molecule has 0 spiro atoms. The summed E-state index contributed by atoms with van der Waals surface area (Å²) < 4.78 is 10.2. The third kappa shape index (κ3) is 2.21. The Morgan fingerprint density at radius 1 is 1.67 bits per heavy atom. The molecule has 1 aromatic heterocycles. The fourth-order valence-corrected chi connectivity index (χ4v) is 1.78. The van der Waals surface area contributed by atoms with Crippen LogP contribution >= 0.6 is 0 Å². The first-order chi connectivity index (χ1) is 8.56. The topological polar surface area (TPSA) is 93.6 Å². The molecule has 2 unspecified atom stereocenters. The van der Waals surface area contributed by atoms with E-state index < -0.39 is 11.4 Å². The van der Waals surface area contributed by atoms with Crippen molar-refractivity contribution in [1.82, 2.24) is 9.97 Å². The Morgan fingerprint density at radius 3 is 3.11 bits per heavy atom. The van der Waals surface area contributed by atoms with E-state index in [9.17, 15) is 9.90 Å². The average molecular weight is 253 g/mol. The molecule has 7 nitrogen and oxygen atoms in total. The van der Waals surface area contributed by atoms with Gasteiger partial charge in [0.25, 0.3) is 0 Å². The molecule has 0 amide bonds. The van der Waals surface area contributed by atoms with Gasteiger partial charge in [-0.2, -0.15) is 4.98 Å². The number of carbonyl (C=O) groups is 1. The Bertz CT molecular complexity index is 454. The minimum atomic E-state index is -0.968. The van der Waals surface area contributed by atoms with Crippen molar-refractivity contribution in [3.63, 3.8) is 0 Å². The Labute approximate surface area is 104 Å². The van der Waals surface area contributed by atoms with Gasteiger partial charge in [0, 0.05) is 0 Å². The minimum absolute atomic E-state index is 0.178. The highest BCUT2D eigenvalue weighted by molar-refractivity contribution is 5.76. The number of aromatic nitrogens is 2. The van der Waals surface area contributed by atoms with E-state index in [0.717, 1.165) is 0 Å². The Balaban J connectivity index is 2.15. The normalized spacial score (nSPS) is 26.9. The molecule has 0 bridgehead atoms. The zero-order chi connectivity index (χ0) is 13.2. The first-order valence-corrected chi connectivity index (χ1v) is 5.50. The van der Waals surface area contributed by atoms with E-state index in [4.69, 9.17) is 9.47 Å². The molecule has 0 saturated carbocycles. The van der Waals surface area contributed by atoms with Crippen LogP contribution in [0.25, 0.3) is 0 Å². The highest BCUT2D eigenvalue weighted by Gasteiger charge is 2.46. The lowest BCUT2D eigenvalue weighted by Crippen LogP contribution is -2.43. The number of aliphatic carboxylic acids is 1. The van der Waals surface area contributed by atoms with Crippen LogP contribution in [0, 0.1) is 5.41 Å². The summed E-state index contributed by atoms with van der Waals surface area (Å²) >= 11 is 0. The Hall–Kier alpha value is -1.89. The monoisotopic (exact) mass is 253 g/mol.